The van der Waals surface area contributed by atoms with Crippen molar-refractivity contribution in [3.8, 4) is 0 Å². The van der Waals surface area contributed by atoms with Crippen molar-refractivity contribution < 1.29 is 4.79 Å². The summed E-state index contributed by atoms with van der Waals surface area (Å²) >= 11 is 2.82. The van der Waals surface area contributed by atoms with Gasteiger partial charge in [-0.15, -0.1) is 11.3 Å². The number of carbonyl (C=O) groups excluding carboxylic acids is 1. The molecule has 1 unspecified atom stereocenters. The van der Waals surface area contributed by atoms with Crippen LogP contribution in [0.25, 0.3) is 10.2 Å². The Bertz CT molecular complexity index is 1070. The van der Waals surface area contributed by atoms with E-state index >= 15 is 0 Å². The normalized spacial score (nSPS) is 16.1. The first kappa shape index (κ1) is 21.1. The van der Waals surface area contributed by atoms with Crippen LogP contribution >= 0.6 is 23.1 Å². The minimum absolute atomic E-state index is 0.0126. The van der Waals surface area contributed by atoms with E-state index in [-0.39, 0.29) is 16.7 Å². The number of hydrogen-bond acceptors (Lipinski definition) is 5. The van der Waals surface area contributed by atoms with Crippen molar-refractivity contribution in [1.82, 2.24) is 14.5 Å². The van der Waals surface area contributed by atoms with Crippen LogP contribution in [0.2, 0.25) is 0 Å². The van der Waals surface area contributed by atoms with E-state index in [2.05, 4.69) is 29.2 Å². The summed E-state index contributed by atoms with van der Waals surface area (Å²) in [4.78, 5) is 32.4. The van der Waals surface area contributed by atoms with Gasteiger partial charge >= 0.3 is 0 Å². The summed E-state index contributed by atoms with van der Waals surface area (Å²) in [6.07, 6.45) is 3.16. The van der Waals surface area contributed by atoms with E-state index < -0.39 is 0 Å². The van der Waals surface area contributed by atoms with E-state index in [9.17, 15) is 9.59 Å². The fourth-order valence-corrected chi connectivity index (χ4v) is 5.90. The first-order valence-corrected chi connectivity index (χ1v) is 12.3. The van der Waals surface area contributed by atoms with Gasteiger partial charge < -0.3 is 4.90 Å². The number of thioether (sulfide) groups is 1. The molecule has 2 aromatic heterocycles. The number of nitrogens with zero attached hydrogens (tertiary/aromatic N) is 3. The number of rotatable bonds is 6. The Kier molecular flexibility index (Phi) is 6.58. The Hall–Kier alpha value is -2.12. The molecule has 4 rings (SSSR count). The highest BCUT2D eigenvalue weighted by molar-refractivity contribution is 8.00. The third-order valence-corrected chi connectivity index (χ3v) is 7.74. The molecule has 0 spiro atoms. The van der Waals surface area contributed by atoms with E-state index in [0.29, 0.717) is 22.3 Å². The van der Waals surface area contributed by atoms with Crippen LogP contribution < -0.4 is 5.56 Å². The molecule has 0 aliphatic carbocycles. The molecule has 1 fully saturated rings. The third-order valence-electron chi connectivity index (χ3n) is 5.77. The minimum atomic E-state index is -0.267. The molecule has 158 valence electrons. The summed E-state index contributed by atoms with van der Waals surface area (Å²) in [5.41, 5.74) is 2.08. The Labute approximate surface area is 185 Å². The maximum Gasteiger partial charge on any atom is 0.272 e. The second-order valence-electron chi connectivity index (χ2n) is 7.80. The lowest BCUT2D eigenvalue weighted by molar-refractivity contribution is -0.131. The van der Waals surface area contributed by atoms with Gasteiger partial charge in [-0.2, -0.15) is 0 Å². The van der Waals surface area contributed by atoms with Crippen LogP contribution in [0, 0.1) is 5.92 Å². The maximum atomic E-state index is 13.1. The van der Waals surface area contributed by atoms with Gasteiger partial charge in [0.25, 0.3) is 5.56 Å². The number of likely N-dealkylation sites (tertiary alicyclic amines) is 1. The van der Waals surface area contributed by atoms with Crippen molar-refractivity contribution in [1.29, 1.82) is 0 Å². The van der Waals surface area contributed by atoms with E-state index in [1.165, 1.54) is 28.7 Å². The smallest absolute Gasteiger partial charge is 0.272 e. The number of piperidine rings is 1. The topological polar surface area (TPSA) is 55.2 Å². The van der Waals surface area contributed by atoms with Gasteiger partial charge in [0.05, 0.1) is 10.8 Å². The molecule has 1 saturated heterocycles. The van der Waals surface area contributed by atoms with Crippen molar-refractivity contribution >= 4 is 39.2 Å². The SMILES string of the molecule is CCn1c(SC(C)C(=O)N2CCC(Cc3ccccc3)CC2)nc2ccsc2c1=O. The van der Waals surface area contributed by atoms with Crippen molar-refractivity contribution in [2.24, 2.45) is 5.92 Å². The van der Waals surface area contributed by atoms with E-state index in [0.717, 1.165) is 37.9 Å². The zero-order valence-electron chi connectivity index (χ0n) is 17.4. The zero-order valence-corrected chi connectivity index (χ0v) is 19.0. The fourth-order valence-electron chi connectivity index (χ4n) is 4.06. The molecule has 3 heterocycles. The number of hydrogen-bond donors (Lipinski definition) is 0. The standard InChI is InChI=1S/C23H27N3O2S2/c1-3-26-22(28)20-19(11-14-29-20)24-23(26)30-16(2)21(27)25-12-9-18(10-13-25)15-17-7-5-4-6-8-17/h4-8,11,14,16,18H,3,9-10,12-13,15H2,1-2H3. The minimum Gasteiger partial charge on any atom is -0.342 e. The van der Waals surface area contributed by atoms with Gasteiger partial charge in [0.15, 0.2) is 5.16 Å². The Morgan fingerprint density at radius 3 is 2.67 bits per heavy atom. The molecular weight excluding hydrogens is 414 g/mol. The molecule has 0 bridgehead atoms. The molecule has 0 N–H and O–H groups in total. The highest BCUT2D eigenvalue weighted by Gasteiger charge is 2.27. The van der Waals surface area contributed by atoms with Crippen molar-refractivity contribution in [3.05, 3.63) is 57.7 Å². The lowest BCUT2D eigenvalue weighted by atomic mass is 9.90. The molecule has 1 aliphatic rings. The second kappa shape index (κ2) is 9.35. The number of carbonyl (C=O) groups is 1. The molecule has 30 heavy (non-hydrogen) atoms. The fraction of sp³-hybridized carbons (Fsp3) is 0.435. The lowest BCUT2D eigenvalue weighted by Crippen LogP contribution is -2.42. The number of aromatic nitrogens is 2. The van der Waals surface area contributed by atoms with Gasteiger partial charge in [0.2, 0.25) is 5.91 Å². The van der Waals surface area contributed by atoms with Gasteiger partial charge in [-0.3, -0.25) is 14.2 Å². The molecule has 1 aromatic carbocycles. The van der Waals surface area contributed by atoms with Crippen LogP contribution in [0.4, 0.5) is 0 Å². The molecular formula is C23H27N3O2S2. The molecule has 1 atom stereocenters. The summed E-state index contributed by atoms with van der Waals surface area (Å²) in [6, 6.07) is 12.5. The predicted octanol–water partition coefficient (Wildman–Crippen LogP) is 4.44. The third kappa shape index (κ3) is 4.47. The molecule has 1 aliphatic heterocycles. The van der Waals surface area contributed by atoms with Gasteiger partial charge in [-0.05, 0) is 56.0 Å². The van der Waals surface area contributed by atoms with Crippen molar-refractivity contribution in [2.45, 2.75) is 50.1 Å². The Morgan fingerprint density at radius 1 is 1.23 bits per heavy atom. The van der Waals surface area contributed by atoms with Crippen molar-refractivity contribution in [3.63, 3.8) is 0 Å². The summed E-state index contributed by atoms with van der Waals surface area (Å²) in [7, 11) is 0. The quantitative estimate of drug-likeness (QED) is 0.419. The van der Waals surface area contributed by atoms with E-state index in [1.54, 1.807) is 4.57 Å². The van der Waals surface area contributed by atoms with Crippen LogP contribution in [0.5, 0.6) is 0 Å². The van der Waals surface area contributed by atoms with E-state index in [1.807, 2.05) is 36.3 Å². The molecule has 5 nitrogen and oxygen atoms in total. The van der Waals surface area contributed by atoms with Gasteiger partial charge in [0, 0.05) is 19.6 Å². The average molecular weight is 442 g/mol. The second-order valence-corrected chi connectivity index (χ2v) is 10.0. The van der Waals surface area contributed by atoms with E-state index in [4.69, 9.17) is 0 Å². The highest BCUT2D eigenvalue weighted by atomic mass is 32.2. The van der Waals surface area contributed by atoms with Crippen LogP contribution in [0.15, 0.2) is 51.7 Å². The predicted molar refractivity (Wildman–Crippen MR) is 124 cm³/mol. The number of thiophene rings is 1. The number of fused-ring (bicyclic) bond motifs is 1. The van der Waals surface area contributed by atoms with Gasteiger partial charge in [-0.25, -0.2) is 4.98 Å². The van der Waals surface area contributed by atoms with Crippen LogP contribution in [-0.4, -0.2) is 38.7 Å². The first-order chi connectivity index (χ1) is 14.6. The summed E-state index contributed by atoms with van der Waals surface area (Å²) in [5.74, 6) is 0.771. The first-order valence-electron chi connectivity index (χ1n) is 10.5. The summed E-state index contributed by atoms with van der Waals surface area (Å²) < 4.78 is 2.36. The molecule has 7 heteroatoms. The largest absolute Gasteiger partial charge is 0.342 e. The Morgan fingerprint density at radius 2 is 1.97 bits per heavy atom. The highest BCUT2D eigenvalue weighted by Crippen LogP contribution is 2.27. The molecule has 0 saturated carbocycles. The van der Waals surface area contributed by atoms with Gasteiger partial charge in [0.1, 0.15) is 4.70 Å². The maximum absolute atomic E-state index is 13.1. The Balaban J connectivity index is 1.39. The molecule has 0 radical (unpaired) electrons. The lowest BCUT2D eigenvalue weighted by Gasteiger charge is -2.33. The zero-order chi connectivity index (χ0) is 21.1. The number of benzene rings is 1. The van der Waals surface area contributed by atoms with Crippen LogP contribution in [0.1, 0.15) is 32.3 Å². The van der Waals surface area contributed by atoms with Gasteiger partial charge in [-0.1, -0.05) is 42.1 Å². The number of amides is 1. The van der Waals surface area contributed by atoms with Crippen LogP contribution in [-0.2, 0) is 17.8 Å². The average Bonchev–Trinajstić information content (AvgIpc) is 3.24. The van der Waals surface area contributed by atoms with Crippen LogP contribution in [0.3, 0.4) is 0 Å². The summed E-state index contributed by atoms with van der Waals surface area (Å²) in [6.45, 7) is 6.02. The monoisotopic (exact) mass is 441 g/mol. The molecule has 1 amide bonds. The molecule has 3 aromatic rings. The van der Waals surface area contributed by atoms with Crippen molar-refractivity contribution in [2.75, 3.05) is 13.1 Å². The summed E-state index contributed by atoms with van der Waals surface area (Å²) in [5, 5.41) is 2.26.